The van der Waals surface area contributed by atoms with Gasteiger partial charge in [0.2, 0.25) is 0 Å². The first-order valence-corrected chi connectivity index (χ1v) is 10.7. The summed E-state index contributed by atoms with van der Waals surface area (Å²) in [5.41, 5.74) is 1.97. The van der Waals surface area contributed by atoms with E-state index in [1.807, 2.05) is 65.6 Å². The van der Waals surface area contributed by atoms with E-state index < -0.39 is 0 Å². The van der Waals surface area contributed by atoms with Gasteiger partial charge in [-0.05, 0) is 30.3 Å². The van der Waals surface area contributed by atoms with Gasteiger partial charge in [-0.15, -0.1) is 0 Å². The Balaban J connectivity index is 1.36. The van der Waals surface area contributed by atoms with Crippen LogP contribution in [0.2, 0.25) is 0 Å². The third-order valence-corrected chi connectivity index (χ3v) is 5.78. The van der Waals surface area contributed by atoms with Crippen LogP contribution in [0.1, 0.15) is 16.1 Å². The molecule has 3 aromatic carbocycles. The molecule has 1 saturated heterocycles. The van der Waals surface area contributed by atoms with E-state index in [0.717, 1.165) is 16.7 Å². The lowest BCUT2D eigenvalue weighted by Gasteiger charge is -2.36. The quantitative estimate of drug-likeness (QED) is 0.441. The molecule has 0 spiro atoms. The average molecular weight is 430 g/mol. The molecule has 32 heavy (non-hydrogen) atoms. The zero-order chi connectivity index (χ0) is 21.9. The van der Waals surface area contributed by atoms with Gasteiger partial charge in [0.1, 0.15) is 23.8 Å². The summed E-state index contributed by atoms with van der Waals surface area (Å²) in [5, 5.41) is 0.872. The molecule has 2 heterocycles. The third kappa shape index (κ3) is 3.91. The van der Waals surface area contributed by atoms with Gasteiger partial charge in [-0.2, -0.15) is 0 Å². The Kier molecular flexibility index (Phi) is 5.50. The second-order valence-electron chi connectivity index (χ2n) is 7.74. The topological polar surface area (TPSA) is 45.9 Å². The molecule has 1 fully saturated rings. The molecule has 0 unspecified atom stereocenters. The molecule has 0 saturated carbocycles. The maximum Gasteiger partial charge on any atom is 0.290 e. The van der Waals surface area contributed by atoms with Gasteiger partial charge in [-0.1, -0.05) is 48.5 Å². The minimum Gasteiger partial charge on any atom is -0.489 e. The molecule has 0 radical (unpaired) electrons. The van der Waals surface area contributed by atoms with Crippen molar-refractivity contribution >= 4 is 22.6 Å². The molecular weight excluding hydrogens is 407 g/mol. The highest BCUT2D eigenvalue weighted by molar-refractivity contribution is 5.99. The summed E-state index contributed by atoms with van der Waals surface area (Å²) in [4.78, 5) is 17.1. The lowest BCUT2D eigenvalue weighted by Crippen LogP contribution is -2.49. The normalized spacial score (nSPS) is 14.0. The maximum atomic E-state index is 14.1. The smallest absolute Gasteiger partial charge is 0.290 e. The number of para-hydroxylation sites is 3. The summed E-state index contributed by atoms with van der Waals surface area (Å²) in [6, 6.07) is 23.8. The van der Waals surface area contributed by atoms with Crippen LogP contribution in [-0.2, 0) is 6.61 Å². The number of halogens is 1. The first-order valence-electron chi connectivity index (χ1n) is 10.7. The minimum absolute atomic E-state index is 0.166. The summed E-state index contributed by atoms with van der Waals surface area (Å²) in [6.07, 6.45) is 0. The van der Waals surface area contributed by atoms with E-state index in [-0.39, 0.29) is 18.3 Å². The van der Waals surface area contributed by atoms with E-state index in [1.54, 1.807) is 17.0 Å². The van der Waals surface area contributed by atoms with Crippen molar-refractivity contribution in [1.29, 1.82) is 0 Å². The van der Waals surface area contributed by atoms with Crippen LogP contribution in [0, 0.1) is 5.82 Å². The number of carbonyl (C=O) groups excluding carboxylic acids is 1. The van der Waals surface area contributed by atoms with Crippen LogP contribution in [0.5, 0.6) is 5.75 Å². The fourth-order valence-electron chi connectivity index (χ4n) is 4.09. The number of amides is 1. The lowest BCUT2D eigenvalue weighted by molar-refractivity contribution is 0.0713. The third-order valence-electron chi connectivity index (χ3n) is 5.78. The molecule has 162 valence electrons. The molecule has 1 aliphatic heterocycles. The van der Waals surface area contributed by atoms with E-state index >= 15 is 0 Å². The maximum absolute atomic E-state index is 14.1. The molecular formula is C26H23FN2O3. The predicted molar refractivity (Wildman–Crippen MR) is 122 cm³/mol. The van der Waals surface area contributed by atoms with Crippen molar-refractivity contribution in [3.8, 4) is 5.75 Å². The van der Waals surface area contributed by atoms with Crippen molar-refractivity contribution in [2.45, 2.75) is 6.61 Å². The standard InChI is InChI=1S/C26H23FN2O3/c27-22-11-5-6-12-23(22)28-14-16-29(17-15-28)26(30)25-21(18-31-19-8-2-1-3-9-19)20-10-4-7-13-24(20)32-25/h1-13H,14-18H2. The highest BCUT2D eigenvalue weighted by Gasteiger charge is 2.29. The number of furan rings is 1. The van der Waals surface area contributed by atoms with Crippen LogP contribution < -0.4 is 9.64 Å². The number of piperazine rings is 1. The van der Waals surface area contributed by atoms with Crippen LogP contribution in [0.4, 0.5) is 10.1 Å². The fraction of sp³-hybridized carbons (Fsp3) is 0.192. The number of rotatable bonds is 5. The highest BCUT2D eigenvalue weighted by atomic mass is 19.1. The van der Waals surface area contributed by atoms with Crippen LogP contribution in [-0.4, -0.2) is 37.0 Å². The van der Waals surface area contributed by atoms with Gasteiger partial charge in [-0.25, -0.2) is 4.39 Å². The number of fused-ring (bicyclic) bond motifs is 1. The summed E-state index contributed by atoms with van der Waals surface area (Å²) in [7, 11) is 0. The molecule has 1 aromatic heterocycles. The van der Waals surface area contributed by atoms with E-state index in [4.69, 9.17) is 9.15 Å². The zero-order valence-corrected chi connectivity index (χ0v) is 17.5. The second-order valence-corrected chi connectivity index (χ2v) is 7.74. The number of ether oxygens (including phenoxy) is 1. The summed E-state index contributed by atoms with van der Waals surface area (Å²) >= 11 is 0. The van der Waals surface area contributed by atoms with E-state index in [0.29, 0.717) is 43.2 Å². The molecule has 0 atom stereocenters. The predicted octanol–water partition coefficient (Wildman–Crippen LogP) is 5.11. The van der Waals surface area contributed by atoms with E-state index in [1.165, 1.54) is 6.07 Å². The Morgan fingerprint density at radius 1 is 0.875 bits per heavy atom. The number of nitrogens with zero attached hydrogens (tertiary/aromatic N) is 2. The summed E-state index contributed by atoms with van der Waals surface area (Å²) in [5.74, 6) is 0.627. The molecule has 1 amide bonds. The molecule has 0 bridgehead atoms. The van der Waals surface area contributed by atoms with E-state index in [2.05, 4.69) is 0 Å². The van der Waals surface area contributed by atoms with Crippen LogP contribution >= 0.6 is 0 Å². The van der Waals surface area contributed by atoms with Crippen molar-refractivity contribution < 1.29 is 18.3 Å². The lowest BCUT2D eigenvalue weighted by atomic mass is 10.1. The largest absolute Gasteiger partial charge is 0.489 e. The summed E-state index contributed by atoms with van der Waals surface area (Å²) in [6.45, 7) is 2.33. The molecule has 6 heteroatoms. The van der Waals surface area contributed by atoms with Gasteiger partial charge in [0.15, 0.2) is 5.76 Å². The molecule has 1 aliphatic rings. The Morgan fingerprint density at radius 3 is 2.34 bits per heavy atom. The molecule has 4 aromatic rings. The average Bonchev–Trinajstić information content (AvgIpc) is 3.22. The van der Waals surface area contributed by atoms with Crippen molar-refractivity contribution in [2.24, 2.45) is 0 Å². The van der Waals surface area contributed by atoms with Gasteiger partial charge in [0, 0.05) is 37.1 Å². The molecule has 0 N–H and O–H groups in total. The SMILES string of the molecule is O=C(c1oc2ccccc2c1COc1ccccc1)N1CCN(c2ccccc2F)CC1. The second kappa shape index (κ2) is 8.75. The minimum atomic E-state index is -0.245. The van der Waals surface area contributed by atoms with Crippen LogP contribution in [0.3, 0.4) is 0 Å². The highest BCUT2D eigenvalue weighted by Crippen LogP contribution is 2.29. The van der Waals surface area contributed by atoms with Gasteiger partial charge in [0.25, 0.3) is 5.91 Å². The van der Waals surface area contributed by atoms with Crippen LogP contribution in [0.25, 0.3) is 11.0 Å². The Morgan fingerprint density at radius 2 is 1.56 bits per heavy atom. The Bertz CT molecular complexity index is 1230. The number of benzene rings is 3. The van der Waals surface area contributed by atoms with Gasteiger partial charge in [0.05, 0.1) is 5.69 Å². The zero-order valence-electron chi connectivity index (χ0n) is 17.5. The van der Waals surface area contributed by atoms with Crippen molar-refractivity contribution in [1.82, 2.24) is 4.90 Å². The molecule has 5 rings (SSSR count). The molecule has 5 nitrogen and oxygen atoms in total. The number of hydrogen-bond donors (Lipinski definition) is 0. The monoisotopic (exact) mass is 430 g/mol. The number of carbonyl (C=O) groups is 1. The fourth-order valence-corrected chi connectivity index (χ4v) is 4.09. The number of hydrogen-bond acceptors (Lipinski definition) is 4. The summed E-state index contributed by atoms with van der Waals surface area (Å²) < 4.78 is 26.1. The van der Waals surface area contributed by atoms with Crippen molar-refractivity contribution in [3.05, 3.63) is 96.0 Å². The van der Waals surface area contributed by atoms with E-state index in [9.17, 15) is 9.18 Å². The van der Waals surface area contributed by atoms with Crippen molar-refractivity contribution in [3.63, 3.8) is 0 Å². The first kappa shape index (κ1) is 20.1. The van der Waals surface area contributed by atoms with Gasteiger partial charge < -0.3 is 19.0 Å². The Hall–Kier alpha value is -3.80. The molecule has 0 aliphatic carbocycles. The first-order chi connectivity index (χ1) is 15.7. The van der Waals surface area contributed by atoms with Crippen molar-refractivity contribution in [2.75, 3.05) is 31.1 Å². The Labute approximate surface area is 185 Å². The van der Waals surface area contributed by atoms with Gasteiger partial charge in [-0.3, -0.25) is 4.79 Å². The number of anilines is 1. The van der Waals surface area contributed by atoms with Gasteiger partial charge >= 0.3 is 0 Å². The van der Waals surface area contributed by atoms with Crippen LogP contribution in [0.15, 0.2) is 83.3 Å².